The Hall–Kier alpha value is -2.43. The number of aliphatic hydroxyl groups is 2. The lowest BCUT2D eigenvalue weighted by Gasteiger charge is -2.30. The van der Waals surface area contributed by atoms with Crippen LogP contribution in [0.2, 0.25) is 0 Å². The van der Waals surface area contributed by atoms with Crippen molar-refractivity contribution < 1.29 is 15.0 Å². The number of carbonyl (C=O) groups excluding carboxylic acids is 1. The third-order valence-corrected chi connectivity index (χ3v) is 3.54. The van der Waals surface area contributed by atoms with Gasteiger partial charge < -0.3 is 15.1 Å². The predicted octanol–water partition coefficient (Wildman–Crippen LogP) is 3.15. The Morgan fingerprint density at radius 3 is 1.57 bits per heavy atom. The summed E-state index contributed by atoms with van der Waals surface area (Å²) in [5.74, 6) is 0. The number of benzene rings is 2. The van der Waals surface area contributed by atoms with Gasteiger partial charge in [0, 0.05) is 11.3 Å². The Balaban J connectivity index is 2.12. The lowest BCUT2D eigenvalue weighted by atomic mass is 10.1. The monoisotopic (exact) mass is 311 g/mol. The van der Waals surface area contributed by atoms with Gasteiger partial charge >= 0.3 is 0 Å². The summed E-state index contributed by atoms with van der Waals surface area (Å²) in [5, 5.41) is 19.5. The maximum Gasteiger partial charge on any atom is 0.150 e. The average molecular weight is 311 g/mol. The van der Waals surface area contributed by atoms with Crippen LogP contribution in [0.3, 0.4) is 0 Å². The Kier molecular flexibility index (Phi) is 5.68. The normalized spacial score (nSPS) is 13.7. The third kappa shape index (κ3) is 4.52. The Bertz CT molecular complexity index is 650. The first kappa shape index (κ1) is 16.9. The van der Waals surface area contributed by atoms with Crippen LogP contribution in [0.15, 0.2) is 48.5 Å². The van der Waals surface area contributed by atoms with Crippen LogP contribution < -0.4 is 4.90 Å². The van der Waals surface area contributed by atoms with Crippen molar-refractivity contribution in [2.45, 2.75) is 26.3 Å². The summed E-state index contributed by atoms with van der Waals surface area (Å²) in [6.07, 6.45) is 3.21. The molecule has 120 valence electrons. The lowest BCUT2D eigenvalue weighted by molar-refractivity contribution is 0.105. The molecule has 2 unspecified atom stereocenters. The van der Waals surface area contributed by atoms with Crippen LogP contribution in [0.5, 0.6) is 0 Å². The zero-order valence-corrected chi connectivity index (χ0v) is 13.3. The maximum absolute atomic E-state index is 10.6. The van der Waals surface area contributed by atoms with Crippen LogP contribution in [-0.2, 0) is 0 Å². The molecule has 0 aliphatic rings. The van der Waals surface area contributed by atoms with Gasteiger partial charge in [-0.25, -0.2) is 0 Å². The summed E-state index contributed by atoms with van der Waals surface area (Å²) in [6, 6.07) is 14.9. The molecule has 0 heterocycles. The molecule has 0 saturated heterocycles. The van der Waals surface area contributed by atoms with Crippen LogP contribution in [0, 0.1) is 0 Å². The Morgan fingerprint density at radius 1 is 0.783 bits per heavy atom. The number of carbonyl (C=O) groups is 1. The Morgan fingerprint density at radius 2 is 1.17 bits per heavy atom. The lowest BCUT2D eigenvalue weighted by Crippen LogP contribution is -2.40. The number of nitrogens with zero attached hydrogens (tertiary/aromatic N) is 1. The molecule has 2 atom stereocenters. The van der Waals surface area contributed by atoms with Gasteiger partial charge in [0.1, 0.15) is 18.7 Å². The van der Waals surface area contributed by atoms with E-state index in [-0.39, 0.29) is 0 Å². The van der Waals surface area contributed by atoms with Gasteiger partial charge in [-0.3, -0.25) is 4.79 Å². The standard InChI is InChI=1S/C19H21NO3/c1-14(22)20(15(2)23)19-11-9-17(10-12-19)4-3-16-5-7-18(13-21)8-6-16/h3-15,22-23H,1-2H3. The highest BCUT2D eigenvalue weighted by atomic mass is 16.3. The summed E-state index contributed by atoms with van der Waals surface area (Å²) in [7, 11) is 0. The molecule has 0 aromatic heterocycles. The molecule has 2 aromatic carbocycles. The summed E-state index contributed by atoms with van der Waals surface area (Å²) < 4.78 is 0. The van der Waals surface area contributed by atoms with E-state index in [4.69, 9.17) is 0 Å². The van der Waals surface area contributed by atoms with Crippen molar-refractivity contribution in [2.24, 2.45) is 0 Å². The molecule has 2 N–H and O–H groups in total. The number of aldehydes is 1. The van der Waals surface area contributed by atoms with Crippen LogP contribution >= 0.6 is 0 Å². The second kappa shape index (κ2) is 7.72. The average Bonchev–Trinajstić information content (AvgIpc) is 2.54. The first-order chi connectivity index (χ1) is 11.0. The summed E-state index contributed by atoms with van der Waals surface area (Å²) in [6.45, 7) is 3.23. The van der Waals surface area contributed by atoms with Crippen molar-refractivity contribution in [1.29, 1.82) is 0 Å². The topological polar surface area (TPSA) is 60.8 Å². The number of hydrogen-bond acceptors (Lipinski definition) is 4. The highest BCUT2D eigenvalue weighted by Gasteiger charge is 2.16. The van der Waals surface area contributed by atoms with E-state index in [1.165, 1.54) is 4.90 Å². The van der Waals surface area contributed by atoms with Crippen LogP contribution in [0.1, 0.15) is 35.3 Å². The van der Waals surface area contributed by atoms with Gasteiger partial charge in [0.25, 0.3) is 0 Å². The Labute approximate surface area is 136 Å². The number of aliphatic hydroxyl groups excluding tert-OH is 2. The maximum atomic E-state index is 10.6. The molecule has 0 spiro atoms. The molecular weight excluding hydrogens is 290 g/mol. The zero-order valence-electron chi connectivity index (χ0n) is 13.3. The van der Waals surface area contributed by atoms with Gasteiger partial charge in [-0.05, 0) is 37.1 Å². The largest absolute Gasteiger partial charge is 0.374 e. The van der Waals surface area contributed by atoms with Gasteiger partial charge in [-0.1, -0.05) is 48.6 Å². The molecule has 0 radical (unpaired) electrons. The van der Waals surface area contributed by atoms with Gasteiger partial charge in [-0.15, -0.1) is 0 Å². The fraction of sp³-hybridized carbons (Fsp3) is 0.211. The molecule has 4 nitrogen and oxygen atoms in total. The number of hydrogen-bond donors (Lipinski definition) is 2. The molecule has 0 aliphatic carbocycles. The van der Waals surface area contributed by atoms with E-state index in [0.29, 0.717) is 5.56 Å². The van der Waals surface area contributed by atoms with Gasteiger partial charge in [0.2, 0.25) is 0 Å². The molecular formula is C19H21NO3. The van der Waals surface area contributed by atoms with Crippen molar-refractivity contribution in [1.82, 2.24) is 0 Å². The number of rotatable bonds is 6. The molecule has 2 aromatic rings. The predicted molar refractivity (Wildman–Crippen MR) is 93.0 cm³/mol. The first-order valence-electron chi connectivity index (χ1n) is 7.49. The van der Waals surface area contributed by atoms with Crippen molar-refractivity contribution in [3.05, 3.63) is 65.2 Å². The highest BCUT2D eigenvalue weighted by Crippen LogP contribution is 2.20. The minimum absolute atomic E-state index is 0.655. The van der Waals surface area contributed by atoms with E-state index in [1.807, 2.05) is 48.6 Å². The van der Waals surface area contributed by atoms with Crippen LogP contribution in [0.4, 0.5) is 5.69 Å². The SMILES string of the molecule is CC(O)N(c1ccc(C=Cc2ccc(C=O)cc2)cc1)C(C)O. The van der Waals surface area contributed by atoms with E-state index in [1.54, 1.807) is 26.0 Å². The van der Waals surface area contributed by atoms with E-state index < -0.39 is 12.5 Å². The molecule has 0 fully saturated rings. The van der Waals surface area contributed by atoms with Gasteiger partial charge in [-0.2, -0.15) is 0 Å². The van der Waals surface area contributed by atoms with E-state index in [0.717, 1.165) is 23.1 Å². The smallest absolute Gasteiger partial charge is 0.150 e. The van der Waals surface area contributed by atoms with Crippen LogP contribution in [0.25, 0.3) is 12.2 Å². The third-order valence-electron chi connectivity index (χ3n) is 3.54. The summed E-state index contributed by atoms with van der Waals surface area (Å²) in [4.78, 5) is 12.1. The highest BCUT2D eigenvalue weighted by molar-refractivity contribution is 5.76. The summed E-state index contributed by atoms with van der Waals surface area (Å²) >= 11 is 0. The first-order valence-corrected chi connectivity index (χ1v) is 7.49. The second-order valence-corrected chi connectivity index (χ2v) is 5.38. The minimum Gasteiger partial charge on any atom is -0.374 e. The van der Waals surface area contributed by atoms with E-state index in [9.17, 15) is 15.0 Å². The van der Waals surface area contributed by atoms with Gasteiger partial charge in [0.05, 0.1) is 0 Å². The molecule has 0 aliphatic heterocycles. The molecule has 0 bridgehead atoms. The molecule has 2 rings (SSSR count). The molecule has 0 saturated carbocycles. The minimum atomic E-state index is -0.771. The summed E-state index contributed by atoms with van der Waals surface area (Å²) in [5.41, 5.74) is 3.42. The van der Waals surface area contributed by atoms with Crippen molar-refractivity contribution >= 4 is 24.1 Å². The van der Waals surface area contributed by atoms with Crippen LogP contribution in [-0.4, -0.2) is 29.0 Å². The molecule has 23 heavy (non-hydrogen) atoms. The number of anilines is 1. The van der Waals surface area contributed by atoms with E-state index in [2.05, 4.69) is 0 Å². The van der Waals surface area contributed by atoms with Crippen molar-refractivity contribution in [3.63, 3.8) is 0 Å². The molecule has 4 heteroatoms. The quantitative estimate of drug-likeness (QED) is 0.489. The fourth-order valence-electron chi connectivity index (χ4n) is 2.38. The fourth-order valence-corrected chi connectivity index (χ4v) is 2.38. The molecule has 0 amide bonds. The van der Waals surface area contributed by atoms with Gasteiger partial charge in [0.15, 0.2) is 0 Å². The second-order valence-electron chi connectivity index (χ2n) is 5.38. The van der Waals surface area contributed by atoms with Crippen molar-refractivity contribution in [2.75, 3.05) is 4.90 Å². The zero-order chi connectivity index (χ0) is 16.8. The van der Waals surface area contributed by atoms with Crippen molar-refractivity contribution in [3.8, 4) is 0 Å². The van der Waals surface area contributed by atoms with E-state index >= 15 is 0 Å².